The van der Waals surface area contributed by atoms with Gasteiger partial charge in [0.25, 0.3) is 0 Å². The summed E-state index contributed by atoms with van der Waals surface area (Å²) in [6.07, 6.45) is 1.27. The first-order valence-electron chi connectivity index (χ1n) is 6.30. The van der Waals surface area contributed by atoms with E-state index in [0.29, 0.717) is 10.6 Å². The minimum Gasteiger partial charge on any atom is -0.398 e. The molecule has 0 spiro atoms. The molecule has 22 heavy (non-hydrogen) atoms. The Kier molecular flexibility index (Phi) is 4.58. The molecule has 6 heteroatoms. The quantitative estimate of drug-likeness (QED) is 0.756. The highest BCUT2D eigenvalue weighted by molar-refractivity contribution is 6.30. The largest absolute Gasteiger partial charge is 0.398 e. The van der Waals surface area contributed by atoms with E-state index in [1.165, 1.54) is 18.2 Å². The molecular formula is C16H13ClFN3O. The lowest BCUT2D eigenvalue weighted by atomic mass is 10.00. The van der Waals surface area contributed by atoms with E-state index in [-0.39, 0.29) is 22.5 Å². The SMILES string of the molecule is N=C(/C=C(\N)c1ccc(Cl)cc1)c1c(F)cccc1C(N)=O. The number of carbonyl (C=O) groups excluding carboxylic acids is 1. The second-order valence-electron chi connectivity index (χ2n) is 4.55. The first kappa shape index (κ1) is 15.7. The van der Waals surface area contributed by atoms with E-state index < -0.39 is 11.7 Å². The number of hydrogen-bond acceptors (Lipinski definition) is 3. The third-order valence-electron chi connectivity index (χ3n) is 3.03. The van der Waals surface area contributed by atoms with Gasteiger partial charge < -0.3 is 16.9 Å². The van der Waals surface area contributed by atoms with Crippen LogP contribution in [0, 0.1) is 11.2 Å². The summed E-state index contributed by atoms with van der Waals surface area (Å²) in [7, 11) is 0. The summed E-state index contributed by atoms with van der Waals surface area (Å²) in [6, 6.07) is 10.5. The van der Waals surface area contributed by atoms with Crippen LogP contribution in [0.3, 0.4) is 0 Å². The molecule has 0 radical (unpaired) electrons. The van der Waals surface area contributed by atoms with E-state index in [4.69, 9.17) is 28.5 Å². The Morgan fingerprint density at radius 1 is 1.14 bits per heavy atom. The molecule has 4 nitrogen and oxygen atoms in total. The summed E-state index contributed by atoms with van der Waals surface area (Å²) in [6.45, 7) is 0. The van der Waals surface area contributed by atoms with Gasteiger partial charge in [0, 0.05) is 16.3 Å². The van der Waals surface area contributed by atoms with Gasteiger partial charge in [-0.2, -0.15) is 0 Å². The van der Waals surface area contributed by atoms with Crippen LogP contribution in [0.25, 0.3) is 5.70 Å². The van der Waals surface area contributed by atoms with Gasteiger partial charge in [0.05, 0.1) is 11.3 Å². The number of nitrogens with two attached hydrogens (primary N) is 2. The van der Waals surface area contributed by atoms with Crippen molar-refractivity contribution in [2.45, 2.75) is 0 Å². The number of benzene rings is 2. The van der Waals surface area contributed by atoms with Crippen molar-refractivity contribution < 1.29 is 9.18 Å². The fourth-order valence-corrected chi connectivity index (χ4v) is 2.08. The zero-order valence-electron chi connectivity index (χ0n) is 11.4. The van der Waals surface area contributed by atoms with Gasteiger partial charge in [-0.25, -0.2) is 4.39 Å². The number of allylic oxidation sites excluding steroid dienone is 1. The van der Waals surface area contributed by atoms with Crippen LogP contribution in [0.15, 0.2) is 48.5 Å². The predicted octanol–water partition coefficient (Wildman–Crippen LogP) is 2.95. The molecule has 0 aromatic heterocycles. The Bertz CT molecular complexity index is 769. The molecule has 0 bridgehead atoms. The van der Waals surface area contributed by atoms with Crippen molar-refractivity contribution in [3.8, 4) is 0 Å². The van der Waals surface area contributed by atoms with Crippen molar-refractivity contribution in [2.24, 2.45) is 11.5 Å². The summed E-state index contributed by atoms with van der Waals surface area (Å²) in [5.41, 5.74) is 11.5. The second-order valence-corrected chi connectivity index (χ2v) is 4.98. The minimum absolute atomic E-state index is 0.0647. The maximum absolute atomic E-state index is 13.9. The van der Waals surface area contributed by atoms with E-state index >= 15 is 0 Å². The van der Waals surface area contributed by atoms with Crippen LogP contribution < -0.4 is 11.5 Å². The average molecular weight is 318 g/mol. The number of primary amides is 1. The summed E-state index contributed by atoms with van der Waals surface area (Å²) in [5, 5.41) is 8.55. The molecule has 0 saturated carbocycles. The zero-order valence-corrected chi connectivity index (χ0v) is 12.2. The standard InChI is InChI=1S/C16H13ClFN3O/c17-10-6-4-9(5-7-10)13(19)8-14(20)15-11(16(21)22)2-1-3-12(15)18/h1-8,20H,19H2,(H2,21,22)/b13-8-,20-14?. The van der Waals surface area contributed by atoms with Gasteiger partial charge in [0.15, 0.2) is 0 Å². The van der Waals surface area contributed by atoms with Gasteiger partial charge in [-0.15, -0.1) is 0 Å². The van der Waals surface area contributed by atoms with Crippen LogP contribution in [-0.2, 0) is 0 Å². The van der Waals surface area contributed by atoms with Gasteiger partial charge in [-0.1, -0.05) is 29.8 Å². The highest BCUT2D eigenvalue weighted by atomic mass is 35.5. The van der Waals surface area contributed by atoms with Crippen molar-refractivity contribution >= 4 is 28.9 Å². The van der Waals surface area contributed by atoms with Crippen molar-refractivity contribution in [2.75, 3.05) is 0 Å². The van der Waals surface area contributed by atoms with E-state index in [0.717, 1.165) is 6.07 Å². The number of halogens is 2. The maximum Gasteiger partial charge on any atom is 0.249 e. The van der Waals surface area contributed by atoms with Crippen molar-refractivity contribution in [3.63, 3.8) is 0 Å². The van der Waals surface area contributed by atoms with Crippen LogP contribution >= 0.6 is 11.6 Å². The number of rotatable bonds is 4. The Balaban J connectivity index is 2.42. The lowest BCUT2D eigenvalue weighted by molar-refractivity contribution is 0.0999. The van der Waals surface area contributed by atoms with Gasteiger partial charge in [0.1, 0.15) is 5.82 Å². The lowest BCUT2D eigenvalue weighted by Crippen LogP contribution is -2.17. The Morgan fingerprint density at radius 2 is 1.77 bits per heavy atom. The van der Waals surface area contributed by atoms with Gasteiger partial charge in [-0.3, -0.25) is 4.79 Å². The predicted molar refractivity (Wildman–Crippen MR) is 85.4 cm³/mol. The molecule has 1 amide bonds. The Labute approximate surface area is 131 Å². The lowest BCUT2D eigenvalue weighted by Gasteiger charge is -2.08. The fourth-order valence-electron chi connectivity index (χ4n) is 1.96. The molecule has 2 rings (SSSR count). The topological polar surface area (TPSA) is 93.0 Å². The molecule has 0 saturated heterocycles. The smallest absolute Gasteiger partial charge is 0.249 e. The van der Waals surface area contributed by atoms with Crippen LogP contribution in [-0.4, -0.2) is 11.6 Å². The van der Waals surface area contributed by atoms with Crippen molar-refractivity contribution in [1.29, 1.82) is 5.41 Å². The third kappa shape index (κ3) is 3.32. The number of hydrogen-bond donors (Lipinski definition) is 3. The molecule has 2 aromatic rings. The van der Waals surface area contributed by atoms with E-state index in [1.54, 1.807) is 24.3 Å². The van der Waals surface area contributed by atoms with Crippen LogP contribution in [0.1, 0.15) is 21.5 Å². The molecule has 112 valence electrons. The molecule has 0 aliphatic heterocycles. The minimum atomic E-state index is -0.808. The average Bonchev–Trinajstić information content (AvgIpc) is 2.47. The van der Waals surface area contributed by atoms with Crippen molar-refractivity contribution in [3.05, 3.63) is 76.1 Å². The van der Waals surface area contributed by atoms with E-state index in [9.17, 15) is 9.18 Å². The first-order valence-corrected chi connectivity index (χ1v) is 6.68. The molecule has 5 N–H and O–H groups in total. The summed E-state index contributed by atoms with van der Waals surface area (Å²) >= 11 is 5.79. The van der Waals surface area contributed by atoms with Gasteiger partial charge in [-0.05, 0) is 35.9 Å². The number of carbonyl (C=O) groups is 1. The third-order valence-corrected chi connectivity index (χ3v) is 3.28. The van der Waals surface area contributed by atoms with Gasteiger partial charge in [0.2, 0.25) is 5.91 Å². The second kappa shape index (κ2) is 6.41. The molecule has 0 unspecified atom stereocenters. The highest BCUT2D eigenvalue weighted by Crippen LogP contribution is 2.18. The highest BCUT2D eigenvalue weighted by Gasteiger charge is 2.16. The molecule has 2 aromatic carbocycles. The monoisotopic (exact) mass is 317 g/mol. The normalized spacial score (nSPS) is 11.3. The summed E-state index contributed by atoms with van der Waals surface area (Å²) in [4.78, 5) is 11.4. The summed E-state index contributed by atoms with van der Waals surface area (Å²) < 4.78 is 13.9. The van der Waals surface area contributed by atoms with Crippen LogP contribution in [0.4, 0.5) is 4.39 Å². The van der Waals surface area contributed by atoms with Crippen LogP contribution in [0.5, 0.6) is 0 Å². The Hall–Kier alpha value is -2.66. The fraction of sp³-hybridized carbons (Fsp3) is 0. The van der Waals surface area contributed by atoms with Gasteiger partial charge >= 0.3 is 0 Å². The number of nitrogens with one attached hydrogen (secondary N) is 1. The van der Waals surface area contributed by atoms with Crippen LogP contribution in [0.2, 0.25) is 5.02 Å². The van der Waals surface area contributed by atoms with E-state index in [1.807, 2.05) is 0 Å². The molecule has 0 fully saturated rings. The van der Waals surface area contributed by atoms with Crippen molar-refractivity contribution in [1.82, 2.24) is 0 Å². The molecular weight excluding hydrogens is 305 g/mol. The zero-order chi connectivity index (χ0) is 16.3. The maximum atomic E-state index is 13.9. The molecule has 0 aliphatic carbocycles. The molecule has 0 atom stereocenters. The summed E-state index contributed by atoms with van der Waals surface area (Å²) in [5.74, 6) is -1.51. The van der Waals surface area contributed by atoms with E-state index in [2.05, 4.69) is 0 Å². The first-order chi connectivity index (χ1) is 10.4. The molecule has 0 heterocycles. The Morgan fingerprint density at radius 3 is 2.36 bits per heavy atom. The number of amides is 1. The molecule has 0 aliphatic rings.